The molecule has 2 rings (SSSR count). The van der Waals surface area contributed by atoms with Gasteiger partial charge in [0, 0.05) is 18.3 Å². The third-order valence-electron chi connectivity index (χ3n) is 4.00. The van der Waals surface area contributed by atoms with Gasteiger partial charge in [0.1, 0.15) is 0 Å². The maximum Gasteiger partial charge on any atom is 0.416 e. The Hall–Kier alpha value is -1.23. The SMILES string of the molecule is CCN(c1ccc(C(F)(F)F)cc1)C1CCN(C)CC1. The van der Waals surface area contributed by atoms with Crippen molar-refractivity contribution >= 4 is 5.69 Å². The van der Waals surface area contributed by atoms with Gasteiger partial charge < -0.3 is 9.80 Å². The predicted octanol–water partition coefficient (Wildman–Crippen LogP) is 3.63. The van der Waals surface area contributed by atoms with Crippen LogP contribution in [0.5, 0.6) is 0 Å². The minimum atomic E-state index is -4.26. The fourth-order valence-corrected chi connectivity index (χ4v) is 2.80. The van der Waals surface area contributed by atoms with E-state index in [1.807, 2.05) is 0 Å². The van der Waals surface area contributed by atoms with Gasteiger partial charge in [-0.1, -0.05) is 0 Å². The van der Waals surface area contributed by atoms with Gasteiger partial charge >= 0.3 is 6.18 Å². The molecule has 0 unspecified atom stereocenters. The molecule has 1 aromatic rings. The lowest BCUT2D eigenvalue weighted by Gasteiger charge is -2.38. The Labute approximate surface area is 118 Å². The summed E-state index contributed by atoms with van der Waals surface area (Å²) in [6.07, 6.45) is -2.14. The van der Waals surface area contributed by atoms with E-state index in [9.17, 15) is 13.2 Å². The molecule has 1 saturated heterocycles. The summed E-state index contributed by atoms with van der Waals surface area (Å²) < 4.78 is 37.7. The van der Waals surface area contributed by atoms with Gasteiger partial charge in [-0.15, -0.1) is 0 Å². The Balaban J connectivity index is 2.11. The first-order valence-electron chi connectivity index (χ1n) is 7.04. The Morgan fingerprint density at radius 1 is 1.15 bits per heavy atom. The third kappa shape index (κ3) is 3.45. The molecule has 0 aromatic heterocycles. The summed E-state index contributed by atoms with van der Waals surface area (Å²) in [4.78, 5) is 4.50. The minimum absolute atomic E-state index is 0.424. The summed E-state index contributed by atoms with van der Waals surface area (Å²) in [6, 6.07) is 5.95. The molecule has 0 radical (unpaired) electrons. The first-order chi connectivity index (χ1) is 9.41. The number of hydrogen-bond acceptors (Lipinski definition) is 2. The molecule has 0 amide bonds. The van der Waals surface area contributed by atoms with Crippen LogP contribution in [-0.4, -0.2) is 37.6 Å². The van der Waals surface area contributed by atoms with Gasteiger partial charge in [0.15, 0.2) is 0 Å². The summed E-state index contributed by atoms with van der Waals surface area (Å²) >= 11 is 0. The van der Waals surface area contributed by atoms with Crippen molar-refractivity contribution in [2.24, 2.45) is 0 Å². The zero-order chi connectivity index (χ0) is 14.8. The second kappa shape index (κ2) is 6.04. The van der Waals surface area contributed by atoms with Gasteiger partial charge in [-0.25, -0.2) is 0 Å². The molecular formula is C15H21F3N2. The second-order valence-corrected chi connectivity index (χ2v) is 5.37. The monoisotopic (exact) mass is 286 g/mol. The van der Waals surface area contributed by atoms with E-state index in [2.05, 4.69) is 23.8 Å². The van der Waals surface area contributed by atoms with E-state index in [0.717, 1.165) is 38.2 Å². The average Bonchev–Trinajstić information content (AvgIpc) is 2.41. The van der Waals surface area contributed by atoms with E-state index in [-0.39, 0.29) is 0 Å². The zero-order valence-corrected chi connectivity index (χ0v) is 12.0. The van der Waals surface area contributed by atoms with Crippen LogP contribution in [0.15, 0.2) is 24.3 Å². The smallest absolute Gasteiger partial charge is 0.369 e. The number of benzene rings is 1. The Morgan fingerprint density at radius 3 is 2.15 bits per heavy atom. The van der Waals surface area contributed by atoms with E-state index in [0.29, 0.717) is 6.04 Å². The Morgan fingerprint density at radius 2 is 1.70 bits per heavy atom. The fraction of sp³-hybridized carbons (Fsp3) is 0.600. The highest BCUT2D eigenvalue weighted by Crippen LogP contribution is 2.31. The topological polar surface area (TPSA) is 6.48 Å². The van der Waals surface area contributed by atoms with E-state index in [1.165, 1.54) is 12.1 Å². The highest BCUT2D eigenvalue weighted by molar-refractivity contribution is 5.49. The molecule has 0 saturated carbocycles. The second-order valence-electron chi connectivity index (χ2n) is 5.37. The number of nitrogens with zero attached hydrogens (tertiary/aromatic N) is 2. The highest BCUT2D eigenvalue weighted by atomic mass is 19.4. The minimum Gasteiger partial charge on any atom is -0.369 e. The van der Waals surface area contributed by atoms with Crippen molar-refractivity contribution < 1.29 is 13.2 Å². The van der Waals surface area contributed by atoms with Crippen LogP contribution in [-0.2, 0) is 6.18 Å². The van der Waals surface area contributed by atoms with E-state index in [4.69, 9.17) is 0 Å². The van der Waals surface area contributed by atoms with Crippen molar-refractivity contribution in [3.8, 4) is 0 Å². The molecule has 112 valence electrons. The van der Waals surface area contributed by atoms with Crippen molar-refractivity contribution in [3.05, 3.63) is 29.8 Å². The number of piperidine rings is 1. The van der Waals surface area contributed by atoms with Gasteiger partial charge in [-0.2, -0.15) is 13.2 Å². The number of halogens is 3. The predicted molar refractivity (Wildman–Crippen MR) is 75.0 cm³/mol. The lowest BCUT2D eigenvalue weighted by Crippen LogP contribution is -2.43. The Bertz CT molecular complexity index is 420. The summed E-state index contributed by atoms with van der Waals surface area (Å²) in [5.74, 6) is 0. The van der Waals surface area contributed by atoms with Crippen LogP contribution in [0, 0.1) is 0 Å². The third-order valence-corrected chi connectivity index (χ3v) is 4.00. The largest absolute Gasteiger partial charge is 0.416 e. The standard InChI is InChI=1S/C15H21F3N2/c1-3-20(14-8-10-19(2)11-9-14)13-6-4-12(5-7-13)15(16,17)18/h4-7,14H,3,8-11H2,1-2H3. The molecular weight excluding hydrogens is 265 g/mol. The van der Waals surface area contributed by atoms with Gasteiger partial charge in [0.25, 0.3) is 0 Å². The van der Waals surface area contributed by atoms with Crippen LogP contribution in [0.2, 0.25) is 0 Å². The van der Waals surface area contributed by atoms with Crippen molar-refractivity contribution in [1.82, 2.24) is 4.90 Å². The normalized spacial score (nSPS) is 18.2. The van der Waals surface area contributed by atoms with Gasteiger partial charge in [0.05, 0.1) is 5.56 Å². The summed E-state index contributed by atoms with van der Waals surface area (Å²) in [7, 11) is 2.10. The quantitative estimate of drug-likeness (QED) is 0.837. The zero-order valence-electron chi connectivity index (χ0n) is 12.0. The maximum atomic E-state index is 12.6. The first kappa shape index (κ1) is 15.2. The summed E-state index contributed by atoms with van der Waals surface area (Å²) in [6.45, 7) is 4.96. The molecule has 1 aromatic carbocycles. The lowest BCUT2D eigenvalue weighted by atomic mass is 10.0. The van der Waals surface area contributed by atoms with Gasteiger partial charge in [0.2, 0.25) is 0 Å². The van der Waals surface area contributed by atoms with Crippen molar-refractivity contribution in [1.29, 1.82) is 0 Å². The highest BCUT2D eigenvalue weighted by Gasteiger charge is 2.30. The van der Waals surface area contributed by atoms with E-state index >= 15 is 0 Å². The number of likely N-dealkylation sites (tertiary alicyclic amines) is 1. The van der Waals surface area contributed by atoms with E-state index < -0.39 is 11.7 Å². The first-order valence-corrected chi connectivity index (χ1v) is 7.04. The van der Waals surface area contributed by atoms with Crippen molar-refractivity contribution in [3.63, 3.8) is 0 Å². The molecule has 0 aliphatic carbocycles. The molecule has 0 bridgehead atoms. The van der Waals surface area contributed by atoms with Crippen LogP contribution in [0.4, 0.5) is 18.9 Å². The molecule has 1 aliphatic heterocycles. The molecule has 0 atom stereocenters. The fourth-order valence-electron chi connectivity index (χ4n) is 2.80. The molecule has 1 fully saturated rings. The lowest BCUT2D eigenvalue weighted by molar-refractivity contribution is -0.137. The molecule has 1 aliphatic rings. The Kier molecular flexibility index (Phi) is 4.58. The number of alkyl halides is 3. The number of rotatable bonds is 3. The van der Waals surface area contributed by atoms with Crippen LogP contribution in [0.25, 0.3) is 0 Å². The molecule has 1 heterocycles. The molecule has 20 heavy (non-hydrogen) atoms. The van der Waals surface area contributed by atoms with Crippen molar-refractivity contribution in [2.75, 3.05) is 31.6 Å². The van der Waals surface area contributed by atoms with Gasteiger partial charge in [-0.3, -0.25) is 0 Å². The van der Waals surface area contributed by atoms with Crippen LogP contribution < -0.4 is 4.90 Å². The molecule has 0 N–H and O–H groups in total. The van der Waals surface area contributed by atoms with Crippen LogP contribution in [0.1, 0.15) is 25.3 Å². The average molecular weight is 286 g/mol. The molecule has 5 heteroatoms. The number of hydrogen-bond donors (Lipinski definition) is 0. The summed E-state index contributed by atoms with van der Waals surface area (Å²) in [5.41, 5.74) is 0.302. The van der Waals surface area contributed by atoms with E-state index in [1.54, 1.807) is 12.1 Å². The van der Waals surface area contributed by atoms with Crippen LogP contribution in [0.3, 0.4) is 0 Å². The van der Waals surface area contributed by atoms with Crippen molar-refractivity contribution in [2.45, 2.75) is 32.0 Å². The van der Waals surface area contributed by atoms with Crippen LogP contribution >= 0.6 is 0 Å². The maximum absolute atomic E-state index is 12.6. The number of anilines is 1. The molecule has 2 nitrogen and oxygen atoms in total. The van der Waals surface area contributed by atoms with Gasteiger partial charge in [-0.05, 0) is 64.2 Å². The summed E-state index contributed by atoms with van der Waals surface area (Å²) in [5, 5.41) is 0. The molecule has 0 spiro atoms.